The second kappa shape index (κ2) is 8.30. The van der Waals surface area contributed by atoms with Gasteiger partial charge in [0.25, 0.3) is 5.91 Å². The lowest BCUT2D eigenvalue weighted by Crippen LogP contribution is -2.50. The van der Waals surface area contributed by atoms with Gasteiger partial charge in [-0.15, -0.1) is 0 Å². The van der Waals surface area contributed by atoms with E-state index in [-0.39, 0.29) is 43.5 Å². The Morgan fingerprint density at radius 2 is 1.66 bits per heavy atom. The van der Waals surface area contributed by atoms with Gasteiger partial charge in [-0.3, -0.25) is 4.79 Å². The molecule has 0 bridgehead atoms. The molecule has 0 spiro atoms. The molecule has 1 saturated heterocycles. The monoisotopic (exact) mass is 417 g/mol. The number of carbonyl (C=O) groups excluding carboxylic acids is 2. The molecule has 0 N–H and O–H groups in total. The van der Waals surface area contributed by atoms with Crippen LogP contribution in [0, 0.1) is 13.8 Å². The molecule has 29 heavy (non-hydrogen) atoms. The van der Waals surface area contributed by atoms with Crippen LogP contribution >= 0.6 is 0 Å². The van der Waals surface area contributed by atoms with Crippen molar-refractivity contribution in [3.05, 3.63) is 58.9 Å². The number of benzene rings is 1. The number of hydrogen-bond acceptors (Lipinski definition) is 6. The topological polar surface area (TPSA) is 96.9 Å². The minimum Gasteiger partial charge on any atom is -0.464 e. The van der Waals surface area contributed by atoms with Crippen molar-refractivity contribution in [2.45, 2.75) is 18.7 Å². The fourth-order valence-electron chi connectivity index (χ4n) is 3.19. The van der Waals surface area contributed by atoms with E-state index < -0.39 is 16.0 Å². The standard InChI is InChI=1S/C20H23N3O5S/c1-14-7-8-15(2)18(13-14)29(26,27)23-11-9-22(10-12-23)19(24)16-5-4-6-17(21-16)20(25)28-3/h4-8,13H,9-12H2,1-3H3. The van der Waals surface area contributed by atoms with Gasteiger partial charge in [-0.05, 0) is 43.2 Å². The van der Waals surface area contributed by atoms with E-state index >= 15 is 0 Å². The molecule has 2 heterocycles. The Kier molecular flexibility index (Phi) is 5.99. The van der Waals surface area contributed by atoms with Crippen molar-refractivity contribution in [1.29, 1.82) is 0 Å². The Labute approximate surface area is 170 Å². The van der Waals surface area contributed by atoms with Crippen molar-refractivity contribution >= 4 is 21.9 Å². The quantitative estimate of drug-likeness (QED) is 0.702. The molecule has 0 saturated carbocycles. The van der Waals surface area contributed by atoms with E-state index in [1.54, 1.807) is 30.0 Å². The summed E-state index contributed by atoms with van der Waals surface area (Å²) in [4.78, 5) is 30.2. The molecule has 2 aromatic rings. The third-order valence-electron chi connectivity index (χ3n) is 4.85. The molecule has 0 atom stereocenters. The lowest BCUT2D eigenvalue weighted by atomic mass is 10.2. The molecular formula is C20H23N3O5S. The zero-order valence-corrected chi connectivity index (χ0v) is 17.4. The molecule has 1 aromatic heterocycles. The van der Waals surface area contributed by atoms with Crippen molar-refractivity contribution in [3.8, 4) is 0 Å². The zero-order chi connectivity index (χ0) is 21.2. The second-order valence-corrected chi connectivity index (χ2v) is 8.77. The Bertz CT molecular complexity index is 1040. The van der Waals surface area contributed by atoms with Crippen molar-refractivity contribution in [3.63, 3.8) is 0 Å². The molecule has 0 unspecified atom stereocenters. The summed E-state index contributed by atoms with van der Waals surface area (Å²) in [5.41, 5.74) is 1.74. The van der Waals surface area contributed by atoms with Crippen LogP contribution in [-0.4, -0.2) is 67.8 Å². The van der Waals surface area contributed by atoms with Crippen LogP contribution in [0.3, 0.4) is 0 Å². The molecule has 9 heteroatoms. The lowest BCUT2D eigenvalue weighted by molar-refractivity contribution is 0.0593. The van der Waals surface area contributed by atoms with Gasteiger partial charge in [-0.25, -0.2) is 18.2 Å². The number of aromatic nitrogens is 1. The van der Waals surface area contributed by atoms with E-state index in [0.29, 0.717) is 10.5 Å². The lowest BCUT2D eigenvalue weighted by Gasteiger charge is -2.34. The summed E-state index contributed by atoms with van der Waals surface area (Å²) in [6.45, 7) is 4.49. The van der Waals surface area contributed by atoms with E-state index in [1.165, 1.54) is 23.5 Å². The highest BCUT2D eigenvalue weighted by Gasteiger charge is 2.31. The summed E-state index contributed by atoms with van der Waals surface area (Å²) in [6.07, 6.45) is 0. The maximum absolute atomic E-state index is 13.0. The fraction of sp³-hybridized carbons (Fsp3) is 0.350. The number of methoxy groups -OCH3 is 1. The molecule has 0 aliphatic carbocycles. The van der Waals surface area contributed by atoms with E-state index in [0.717, 1.165) is 5.56 Å². The van der Waals surface area contributed by atoms with E-state index in [2.05, 4.69) is 9.72 Å². The number of amides is 1. The molecule has 0 radical (unpaired) electrons. The van der Waals surface area contributed by atoms with Crippen LogP contribution in [0.5, 0.6) is 0 Å². The first-order valence-corrected chi connectivity index (χ1v) is 10.6. The number of nitrogens with zero attached hydrogens (tertiary/aromatic N) is 3. The number of ether oxygens (including phenoxy) is 1. The van der Waals surface area contributed by atoms with Gasteiger partial charge in [-0.2, -0.15) is 4.31 Å². The number of pyridine rings is 1. The van der Waals surface area contributed by atoms with Crippen LogP contribution in [0.4, 0.5) is 0 Å². The van der Waals surface area contributed by atoms with Gasteiger partial charge in [0.1, 0.15) is 11.4 Å². The Balaban J connectivity index is 1.73. The molecule has 1 aliphatic heterocycles. The molecule has 1 aromatic carbocycles. The van der Waals surface area contributed by atoms with Crippen LogP contribution in [0.25, 0.3) is 0 Å². The Morgan fingerprint density at radius 3 is 2.31 bits per heavy atom. The van der Waals surface area contributed by atoms with Gasteiger partial charge >= 0.3 is 5.97 Å². The Hall–Kier alpha value is -2.78. The Morgan fingerprint density at radius 1 is 1.00 bits per heavy atom. The maximum atomic E-state index is 13.0. The highest BCUT2D eigenvalue weighted by Crippen LogP contribution is 2.22. The third-order valence-corrected chi connectivity index (χ3v) is 6.89. The maximum Gasteiger partial charge on any atom is 0.356 e. The van der Waals surface area contributed by atoms with Gasteiger partial charge in [0.2, 0.25) is 10.0 Å². The number of rotatable bonds is 4. The summed E-state index contributed by atoms with van der Waals surface area (Å²) in [5.74, 6) is -0.969. The molecule has 3 rings (SSSR count). The number of sulfonamides is 1. The molecule has 1 fully saturated rings. The third kappa shape index (κ3) is 4.30. The molecule has 8 nitrogen and oxygen atoms in total. The number of carbonyl (C=O) groups is 2. The highest BCUT2D eigenvalue weighted by atomic mass is 32.2. The van der Waals surface area contributed by atoms with Crippen LogP contribution < -0.4 is 0 Å². The van der Waals surface area contributed by atoms with Crippen LogP contribution in [-0.2, 0) is 14.8 Å². The van der Waals surface area contributed by atoms with Gasteiger partial charge in [-0.1, -0.05) is 18.2 Å². The van der Waals surface area contributed by atoms with E-state index in [9.17, 15) is 18.0 Å². The first-order valence-electron chi connectivity index (χ1n) is 9.16. The first kappa shape index (κ1) is 20.9. The van der Waals surface area contributed by atoms with Crippen molar-refractivity contribution in [2.75, 3.05) is 33.3 Å². The minimum absolute atomic E-state index is 0.0505. The number of piperazine rings is 1. The number of esters is 1. The van der Waals surface area contributed by atoms with E-state index in [4.69, 9.17) is 0 Å². The van der Waals surface area contributed by atoms with Gasteiger partial charge in [0.15, 0.2) is 0 Å². The smallest absolute Gasteiger partial charge is 0.356 e. The predicted molar refractivity (Wildman–Crippen MR) is 106 cm³/mol. The van der Waals surface area contributed by atoms with Crippen LogP contribution in [0.1, 0.15) is 32.1 Å². The summed E-state index contributed by atoms with van der Waals surface area (Å²) >= 11 is 0. The number of hydrogen-bond donors (Lipinski definition) is 0. The average molecular weight is 417 g/mol. The number of aryl methyl sites for hydroxylation is 2. The normalized spacial score (nSPS) is 15.2. The molecule has 154 valence electrons. The zero-order valence-electron chi connectivity index (χ0n) is 16.6. The largest absolute Gasteiger partial charge is 0.464 e. The molecule has 1 amide bonds. The summed E-state index contributed by atoms with van der Waals surface area (Å²) in [5, 5.41) is 0. The summed E-state index contributed by atoms with van der Waals surface area (Å²) in [6, 6.07) is 9.89. The molecule has 1 aliphatic rings. The van der Waals surface area contributed by atoms with Gasteiger partial charge in [0.05, 0.1) is 12.0 Å². The SMILES string of the molecule is COC(=O)c1cccc(C(=O)N2CCN(S(=O)(=O)c3cc(C)ccc3C)CC2)n1. The minimum atomic E-state index is -3.63. The van der Waals surface area contributed by atoms with E-state index in [1.807, 2.05) is 13.0 Å². The van der Waals surface area contributed by atoms with Crippen molar-refractivity contribution < 1.29 is 22.7 Å². The highest BCUT2D eigenvalue weighted by molar-refractivity contribution is 7.89. The van der Waals surface area contributed by atoms with Crippen LogP contribution in [0.2, 0.25) is 0 Å². The first-order chi connectivity index (χ1) is 13.7. The summed E-state index contributed by atoms with van der Waals surface area (Å²) < 4.78 is 32.1. The predicted octanol–water partition coefficient (Wildman–Crippen LogP) is 1.63. The van der Waals surface area contributed by atoms with Crippen molar-refractivity contribution in [2.24, 2.45) is 0 Å². The summed E-state index contributed by atoms with van der Waals surface area (Å²) in [7, 11) is -2.39. The fourth-order valence-corrected chi connectivity index (χ4v) is 4.92. The van der Waals surface area contributed by atoms with Crippen molar-refractivity contribution in [1.82, 2.24) is 14.2 Å². The van der Waals surface area contributed by atoms with Crippen LogP contribution in [0.15, 0.2) is 41.3 Å². The van der Waals surface area contributed by atoms with Gasteiger partial charge in [0, 0.05) is 26.2 Å². The molecular weight excluding hydrogens is 394 g/mol. The second-order valence-electron chi connectivity index (χ2n) is 6.86. The van der Waals surface area contributed by atoms with Gasteiger partial charge < -0.3 is 9.64 Å². The average Bonchev–Trinajstić information content (AvgIpc) is 2.74.